The van der Waals surface area contributed by atoms with Crippen LogP contribution < -0.4 is 0 Å². The molecular weight excluding hydrogens is 564 g/mol. The fourth-order valence-electron chi connectivity index (χ4n) is 3.32. The molecule has 0 aromatic heterocycles. The molecule has 0 atom stereocenters. The number of para-hydroxylation sites is 3. The van der Waals surface area contributed by atoms with Crippen molar-refractivity contribution in [2.75, 3.05) is 19.8 Å². The van der Waals surface area contributed by atoms with Crippen LogP contribution in [0.25, 0.3) is 0 Å². The number of carbonyl (C=O) groups excluding carboxylic acids is 3. The molecule has 0 spiro atoms. The average molecular weight is 611 g/mol. The number of phenols is 3. The van der Waals surface area contributed by atoms with Gasteiger partial charge in [0, 0.05) is 0 Å². The quantitative estimate of drug-likeness (QED) is 0.108. The van der Waals surface area contributed by atoms with Crippen molar-refractivity contribution in [3.8, 4) is 17.2 Å². The first-order valence-electron chi connectivity index (χ1n) is 14.8. The van der Waals surface area contributed by atoms with E-state index in [2.05, 4.69) is 20.8 Å². The van der Waals surface area contributed by atoms with Gasteiger partial charge in [0.25, 0.3) is 0 Å². The van der Waals surface area contributed by atoms with Gasteiger partial charge in [0.15, 0.2) is 0 Å². The minimum absolute atomic E-state index is 0.0296. The van der Waals surface area contributed by atoms with Crippen LogP contribution in [-0.2, 0) is 14.2 Å². The van der Waals surface area contributed by atoms with E-state index in [1.807, 2.05) is 13.8 Å². The maximum Gasteiger partial charge on any atom is 0.341 e. The van der Waals surface area contributed by atoms with Gasteiger partial charge in [0.05, 0.1) is 19.8 Å². The van der Waals surface area contributed by atoms with Gasteiger partial charge in [-0.2, -0.15) is 0 Å². The maximum atomic E-state index is 11.5. The molecule has 0 radical (unpaired) electrons. The van der Waals surface area contributed by atoms with E-state index in [1.54, 1.807) is 48.5 Å². The molecular formula is C35H46O9. The number of unbranched alkanes of at least 4 members (excludes halogenated alkanes) is 2. The number of esters is 3. The molecule has 0 aliphatic rings. The van der Waals surface area contributed by atoms with Gasteiger partial charge in [-0.25, -0.2) is 14.4 Å². The molecule has 0 bridgehead atoms. The van der Waals surface area contributed by atoms with Gasteiger partial charge in [-0.3, -0.25) is 0 Å². The summed E-state index contributed by atoms with van der Waals surface area (Å²) < 4.78 is 15.0. The van der Waals surface area contributed by atoms with Crippen LogP contribution in [0.2, 0.25) is 0 Å². The second kappa shape index (κ2) is 21.2. The Kier molecular flexibility index (Phi) is 18.1. The molecule has 3 aromatic carbocycles. The van der Waals surface area contributed by atoms with Crippen LogP contribution in [0.5, 0.6) is 17.2 Å². The van der Waals surface area contributed by atoms with Gasteiger partial charge >= 0.3 is 17.9 Å². The van der Waals surface area contributed by atoms with Crippen molar-refractivity contribution >= 4 is 17.9 Å². The molecule has 0 aliphatic carbocycles. The van der Waals surface area contributed by atoms with Crippen molar-refractivity contribution < 1.29 is 43.9 Å². The third kappa shape index (κ3) is 15.1. The van der Waals surface area contributed by atoms with Crippen LogP contribution in [-0.4, -0.2) is 53.0 Å². The van der Waals surface area contributed by atoms with E-state index in [9.17, 15) is 29.7 Å². The molecule has 0 amide bonds. The minimum atomic E-state index is -0.475. The number of rotatable bonds is 12. The number of carbonyl (C=O) groups is 3. The first-order chi connectivity index (χ1) is 21.0. The van der Waals surface area contributed by atoms with Crippen LogP contribution in [0.4, 0.5) is 0 Å². The molecule has 3 aromatic rings. The summed E-state index contributed by atoms with van der Waals surface area (Å²) in [5, 5.41) is 28.1. The maximum absolute atomic E-state index is 11.5. The molecule has 0 unspecified atom stereocenters. The number of ether oxygens (including phenoxy) is 3. The molecule has 0 saturated heterocycles. The van der Waals surface area contributed by atoms with Crippen molar-refractivity contribution in [1.82, 2.24) is 0 Å². The highest BCUT2D eigenvalue weighted by Crippen LogP contribution is 2.18. The Bertz CT molecular complexity index is 1280. The molecule has 0 aliphatic heterocycles. The SMILES string of the molecule is CC(C)CCOC(=O)c1ccccc1O.CC(C)COC(=O)c1ccccc1O.CCCCCOC(=O)c1ccccc1O. The second-order valence-electron chi connectivity index (χ2n) is 10.7. The zero-order valence-corrected chi connectivity index (χ0v) is 26.3. The first kappa shape index (κ1) is 37.5. The second-order valence-corrected chi connectivity index (χ2v) is 10.7. The number of hydrogen-bond donors (Lipinski definition) is 3. The number of benzene rings is 3. The predicted molar refractivity (Wildman–Crippen MR) is 169 cm³/mol. The number of hydrogen-bond acceptors (Lipinski definition) is 9. The van der Waals surface area contributed by atoms with Crippen LogP contribution in [0.15, 0.2) is 72.8 Å². The monoisotopic (exact) mass is 610 g/mol. The Labute approximate surface area is 260 Å². The molecule has 240 valence electrons. The largest absolute Gasteiger partial charge is 0.507 e. The molecule has 3 N–H and O–H groups in total. The molecule has 3 rings (SSSR count). The van der Waals surface area contributed by atoms with Crippen LogP contribution in [0, 0.1) is 11.8 Å². The van der Waals surface area contributed by atoms with E-state index in [0.717, 1.165) is 25.7 Å². The highest BCUT2D eigenvalue weighted by molar-refractivity contribution is 5.93. The summed E-state index contributed by atoms with van der Waals surface area (Å²) in [7, 11) is 0. The van der Waals surface area contributed by atoms with Gasteiger partial charge in [-0.05, 0) is 61.1 Å². The van der Waals surface area contributed by atoms with E-state index in [0.29, 0.717) is 31.7 Å². The van der Waals surface area contributed by atoms with Crippen molar-refractivity contribution in [2.24, 2.45) is 11.8 Å². The summed E-state index contributed by atoms with van der Waals surface area (Å²) in [5.74, 6) is -0.701. The lowest BCUT2D eigenvalue weighted by molar-refractivity contribution is 0.0452. The van der Waals surface area contributed by atoms with Crippen molar-refractivity contribution in [2.45, 2.75) is 60.3 Å². The lowest BCUT2D eigenvalue weighted by Gasteiger charge is -2.07. The Hall–Kier alpha value is -4.53. The molecule has 9 heteroatoms. The minimum Gasteiger partial charge on any atom is -0.507 e. The summed E-state index contributed by atoms with van der Waals surface area (Å²) in [6, 6.07) is 19.1. The molecule has 0 heterocycles. The smallest absolute Gasteiger partial charge is 0.341 e. The standard InChI is InChI=1S/2C12H16O3.C11H14O3/c1-9(2)7-8-15-12(14)10-5-3-4-6-11(10)13;1-2-3-6-9-15-12(14)10-7-4-5-8-11(10)13;1-8(2)7-14-11(13)9-5-3-4-6-10(9)12/h3-6,9,13H,7-8H2,1-2H3;4-5,7-8,13H,2-3,6,9H2,1H3;3-6,8,12H,7H2,1-2H3. The third-order valence-corrected chi connectivity index (χ3v) is 5.83. The average Bonchev–Trinajstić information content (AvgIpc) is 2.99. The Morgan fingerprint density at radius 1 is 0.568 bits per heavy atom. The van der Waals surface area contributed by atoms with Gasteiger partial charge < -0.3 is 29.5 Å². The number of aromatic hydroxyl groups is 3. The van der Waals surface area contributed by atoms with Gasteiger partial charge in [0.1, 0.15) is 33.9 Å². The van der Waals surface area contributed by atoms with E-state index in [1.165, 1.54) is 24.3 Å². The zero-order valence-electron chi connectivity index (χ0n) is 26.3. The van der Waals surface area contributed by atoms with Gasteiger partial charge in [-0.1, -0.05) is 83.9 Å². The van der Waals surface area contributed by atoms with Crippen molar-refractivity contribution in [1.29, 1.82) is 0 Å². The lowest BCUT2D eigenvalue weighted by atomic mass is 10.1. The predicted octanol–water partition coefficient (Wildman–Crippen LogP) is 7.54. The van der Waals surface area contributed by atoms with Crippen molar-refractivity contribution in [3.63, 3.8) is 0 Å². The molecule has 0 fully saturated rings. The van der Waals surface area contributed by atoms with E-state index < -0.39 is 17.9 Å². The molecule has 9 nitrogen and oxygen atoms in total. The van der Waals surface area contributed by atoms with Crippen LogP contribution >= 0.6 is 0 Å². The Balaban J connectivity index is 0.000000330. The molecule has 0 saturated carbocycles. The number of phenolic OH excluding ortho intramolecular Hbond substituents is 3. The Morgan fingerprint density at radius 3 is 1.32 bits per heavy atom. The third-order valence-electron chi connectivity index (χ3n) is 5.83. The zero-order chi connectivity index (χ0) is 32.9. The molecule has 44 heavy (non-hydrogen) atoms. The van der Waals surface area contributed by atoms with Crippen LogP contribution in [0.1, 0.15) is 91.4 Å². The van der Waals surface area contributed by atoms with E-state index in [4.69, 9.17) is 14.2 Å². The highest BCUT2D eigenvalue weighted by Gasteiger charge is 2.13. The van der Waals surface area contributed by atoms with E-state index >= 15 is 0 Å². The summed E-state index contributed by atoms with van der Waals surface area (Å²) >= 11 is 0. The summed E-state index contributed by atoms with van der Waals surface area (Å²) in [5.41, 5.74) is 0.670. The van der Waals surface area contributed by atoms with E-state index in [-0.39, 0.29) is 33.9 Å². The summed E-state index contributed by atoms with van der Waals surface area (Å²) in [4.78, 5) is 34.3. The topological polar surface area (TPSA) is 140 Å². The fraction of sp³-hybridized carbons (Fsp3) is 0.400. The van der Waals surface area contributed by atoms with Crippen molar-refractivity contribution in [3.05, 3.63) is 89.5 Å². The first-order valence-corrected chi connectivity index (χ1v) is 14.8. The Morgan fingerprint density at radius 2 is 0.955 bits per heavy atom. The fourth-order valence-corrected chi connectivity index (χ4v) is 3.32. The van der Waals surface area contributed by atoms with Crippen LogP contribution in [0.3, 0.4) is 0 Å². The normalized spacial score (nSPS) is 10.2. The van der Waals surface area contributed by atoms with Gasteiger partial charge in [0.2, 0.25) is 0 Å². The lowest BCUT2D eigenvalue weighted by Crippen LogP contribution is -2.10. The highest BCUT2D eigenvalue weighted by atomic mass is 16.5. The summed E-state index contributed by atoms with van der Waals surface area (Å²) in [6.45, 7) is 11.3. The van der Waals surface area contributed by atoms with Gasteiger partial charge in [-0.15, -0.1) is 0 Å². The summed E-state index contributed by atoms with van der Waals surface area (Å²) in [6.07, 6.45) is 3.84.